The van der Waals surface area contributed by atoms with Gasteiger partial charge in [0.1, 0.15) is 5.75 Å². The molecule has 1 aliphatic rings. The molecule has 1 aromatic carbocycles. The van der Waals surface area contributed by atoms with Gasteiger partial charge in [0, 0.05) is 19.1 Å². The average Bonchev–Trinajstić information content (AvgIpc) is 2.91. The Morgan fingerprint density at radius 2 is 2.19 bits per heavy atom. The van der Waals surface area contributed by atoms with E-state index in [-0.39, 0.29) is 5.91 Å². The summed E-state index contributed by atoms with van der Waals surface area (Å²) in [5, 5.41) is 3.16. The van der Waals surface area contributed by atoms with Crippen LogP contribution in [-0.4, -0.2) is 43.6 Å². The Labute approximate surface area is 127 Å². The van der Waals surface area contributed by atoms with E-state index < -0.39 is 0 Å². The van der Waals surface area contributed by atoms with Gasteiger partial charge in [0.2, 0.25) is 5.91 Å². The summed E-state index contributed by atoms with van der Waals surface area (Å²) in [6.07, 6.45) is 2.66. The summed E-state index contributed by atoms with van der Waals surface area (Å²) in [5.74, 6) is 1.05. The van der Waals surface area contributed by atoms with E-state index in [1.54, 1.807) is 0 Å². The number of hydrogen-bond donors (Lipinski definition) is 1. The van der Waals surface area contributed by atoms with E-state index >= 15 is 0 Å². The van der Waals surface area contributed by atoms with Gasteiger partial charge in [0.15, 0.2) is 0 Å². The van der Waals surface area contributed by atoms with Gasteiger partial charge in [-0.1, -0.05) is 6.07 Å². The highest BCUT2D eigenvalue weighted by Gasteiger charge is 2.27. The highest BCUT2D eigenvalue weighted by Crippen LogP contribution is 2.19. The van der Waals surface area contributed by atoms with Crippen LogP contribution in [0, 0.1) is 13.8 Å². The van der Waals surface area contributed by atoms with Gasteiger partial charge in [0.25, 0.3) is 0 Å². The van der Waals surface area contributed by atoms with Crippen LogP contribution >= 0.6 is 0 Å². The van der Waals surface area contributed by atoms with E-state index in [0.29, 0.717) is 19.1 Å². The second kappa shape index (κ2) is 7.46. The molecule has 0 aromatic heterocycles. The molecule has 1 fully saturated rings. The summed E-state index contributed by atoms with van der Waals surface area (Å²) in [7, 11) is 1.93. The molecule has 0 unspecified atom stereocenters. The minimum absolute atomic E-state index is 0.205. The molecule has 1 saturated heterocycles. The van der Waals surface area contributed by atoms with Crippen molar-refractivity contribution in [2.75, 3.05) is 26.7 Å². The van der Waals surface area contributed by atoms with Crippen LogP contribution in [0.2, 0.25) is 0 Å². The molecule has 1 N–H and O–H groups in total. The van der Waals surface area contributed by atoms with E-state index in [1.165, 1.54) is 11.1 Å². The number of hydrogen-bond acceptors (Lipinski definition) is 3. The van der Waals surface area contributed by atoms with Crippen LogP contribution in [0.3, 0.4) is 0 Å². The van der Waals surface area contributed by atoms with Crippen molar-refractivity contribution < 1.29 is 9.53 Å². The van der Waals surface area contributed by atoms with Crippen molar-refractivity contribution >= 4 is 5.91 Å². The van der Waals surface area contributed by atoms with Crippen molar-refractivity contribution in [2.45, 2.75) is 39.2 Å². The molecule has 0 bridgehead atoms. The predicted octanol–water partition coefficient (Wildman–Crippen LogP) is 2.28. The fourth-order valence-corrected chi connectivity index (χ4v) is 2.82. The van der Waals surface area contributed by atoms with Gasteiger partial charge in [-0.3, -0.25) is 4.79 Å². The number of carbonyl (C=O) groups excluding carboxylic acids is 1. The first-order valence-electron chi connectivity index (χ1n) is 7.76. The first-order valence-corrected chi connectivity index (χ1v) is 7.76. The first kappa shape index (κ1) is 15.8. The monoisotopic (exact) mass is 290 g/mol. The molecule has 116 valence electrons. The zero-order valence-corrected chi connectivity index (χ0v) is 13.3. The fourth-order valence-electron chi connectivity index (χ4n) is 2.82. The van der Waals surface area contributed by atoms with Gasteiger partial charge in [-0.2, -0.15) is 0 Å². The third-order valence-corrected chi connectivity index (χ3v) is 4.20. The number of likely N-dealkylation sites (tertiary alicyclic amines) is 1. The summed E-state index contributed by atoms with van der Waals surface area (Å²) >= 11 is 0. The van der Waals surface area contributed by atoms with E-state index in [4.69, 9.17) is 4.74 Å². The number of rotatable bonds is 6. The van der Waals surface area contributed by atoms with Crippen LogP contribution < -0.4 is 10.1 Å². The summed E-state index contributed by atoms with van der Waals surface area (Å²) in [6, 6.07) is 6.39. The van der Waals surface area contributed by atoms with Crippen molar-refractivity contribution in [1.82, 2.24) is 10.2 Å². The second-order valence-electron chi connectivity index (χ2n) is 5.79. The highest BCUT2D eigenvalue weighted by molar-refractivity contribution is 5.77. The van der Waals surface area contributed by atoms with E-state index in [2.05, 4.69) is 25.2 Å². The molecule has 4 nitrogen and oxygen atoms in total. The molecule has 0 aliphatic carbocycles. The number of benzene rings is 1. The van der Waals surface area contributed by atoms with Crippen molar-refractivity contribution in [3.8, 4) is 5.75 Å². The van der Waals surface area contributed by atoms with E-state index in [0.717, 1.165) is 31.7 Å². The summed E-state index contributed by atoms with van der Waals surface area (Å²) < 4.78 is 5.70. The van der Waals surface area contributed by atoms with Gasteiger partial charge in [-0.25, -0.2) is 0 Å². The van der Waals surface area contributed by atoms with Crippen LogP contribution in [0.4, 0.5) is 0 Å². The molecular weight excluding hydrogens is 264 g/mol. The van der Waals surface area contributed by atoms with Gasteiger partial charge >= 0.3 is 0 Å². The SMILES string of the molecule is CNC[C@@H]1CCCN1C(=O)CCOc1ccc(C)c(C)c1. The molecule has 1 heterocycles. The maximum Gasteiger partial charge on any atom is 0.226 e. The number of aryl methyl sites for hydroxylation is 2. The third kappa shape index (κ3) is 4.21. The number of amides is 1. The Morgan fingerprint density at radius 1 is 1.38 bits per heavy atom. The van der Waals surface area contributed by atoms with Crippen LogP contribution in [0.1, 0.15) is 30.4 Å². The topological polar surface area (TPSA) is 41.6 Å². The molecule has 1 aromatic rings. The molecule has 1 amide bonds. The van der Waals surface area contributed by atoms with Crippen molar-refractivity contribution in [3.63, 3.8) is 0 Å². The molecule has 2 rings (SSSR count). The maximum atomic E-state index is 12.3. The van der Waals surface area contributed by atoms with E-state index in [9.17, 15) is 4.79 Å². The van der Waals surface area contributed by atoms with Gasteiger partial charge in [-0.05, 0) is 57.0 Å². The lowest BCUT2D eigenvalue weighted by atomic mass is 10.1. The quantitative estimate of drug-likeness (QED) is 0.874. The molecule has 1 aliphatic heterocycles. The largest absolute Gasteiger partial charge is 0.493 e. The smallest absolute Gasteiger partial charge is 0.226 e. The fraction of sp³-hybridized carbons (Fsp3) is 0.588. The maximum absolute atomic E-state index is 12.3. The average molecular weight is 290 g/mol. The van der Waals surface area contributed by atoms with E-state index in [1.807, 2.05) is 24.1 Å². The summed E-state index contributed by atoms with van der Waals surface area (Å²) in [4.78, 5) is 14.3. The number of carbonyl (C=O) groups is 1. The first-order chi connectivity index (χ1) is 10.1. The standard InChI is InChI=1S/C17H26N2O2/c1-13-6-7-16(11-14(13)2)21-10-8-17(20)19-9-4-5-15(19)12-18-3/h6-7,11,15,18H,4-5,8-10,12H2,1-3H3/t15-/m0/s1. The zero-order valence-electron chi connectivity index (χ0n) is 13.3. The predicted molar refractivity (Wildman–Crippen MR) is 84.7 cm³/mol. The molecule has 0 spiro atoms. The number of ether oxygens (including phenoxy) is 1. The van der Waals surface area contributed by atoms with Crippen molar-refractivity contribution in [3.05, 3.63) is 29.3 Å². The summed E-state index contributed by atoms with van der Waals surface area (Å²) in [6.45, 7) is 6.36. The lowest BCUT2D eigenvalue weighted by Gasteiger charge is -2.24. The van der Waals surface area contributed by atoms with Crippen LogP contribution in [0.5, 0.6) is 5.75 Å². The minimum Gasteiger partial charge on any atom is -0.493 e. The van der Waals surface area contributed by atoms with Crippen molar-refractivity contribution in [2.24, 2.45) is 0 Å². The van der Waals surface area contributed by atoms with Crippen LogP contribution in [0.25, 0.3) is 0 Å². The number of nitrogens with one attached hydrogen (secondary N) is 1. The van der Waals surface area contributed by atoms with Gasteiger partial charge < -0.3 is 15.0 Å². The molecule has 21 heavy (non-hydrogen) atoms. The Kier molecular flexibility index (Phi) is 5.62. The molecule has 0 saturated carbocycles. The Morgan fingerprint density at radius 3 is 2.90 bits per heavy atom. The van der Waals surface area contributed by atoms with Crippen molar-refractivity contribution in [1.29, 1.82) is 0 Å². The Hall–Kier alpha value is -1.55. The van der Waals surface area contributed by atoms with Crippen LogP contribution in [0.15, 0.2) is 18.2 Å². The molecular formula is C17H26N2O2. The minimum atomic E-state index is 0.205. The second-order valence-corrected chi connectivity index (χ2v) is 5.79. The molecule has 0 radical (unpaired) electrons. The molecule has 4 heteroatoms. The highest BCUT2D eigenvalue weighted by atomic mass is 16.5. The third-order valence-electron chi connectivity index (χ3n) is 4.20. The number of likely N-dealkylation sites (N-methyl/N-ethyl adjacent to an activating group) is 1. The lowest BCUT2D eigenvalue weighted by molar-refractivity contribution is -0.132. The normalized spacial score (nSPS) is 18.0. The summed E-state index contributed by atoms with van der Waals surface area (Å²) in [5.41, 5.74) is 2.47. The van der Waals surface area contributed by atoms with Crippen LogP contribution in [-0.2, 0) is 4.79 Å². The van der Waals surface area contributed by atoms with Gasteiger partial charge in [0.05, 0.1) is 13.0 Å². The lowest BCUT2D eigenvalue weighted by Crippen LogP contribution is -2.41. The number of nitrogens with zero attached hydrogens (tertiary/aromatic N) is 1. The Balaban J connectivity index is 1.79. The van der Waals surface area contributed by atoms with Gasteiger partial charge in [-0.15, -0.1) is 0 Å². The molecule has 1 atom stereocenters. The Bertz CT molecular complexity index is 488. The zero-order chi connectivity index (χ0) is 15.2.